The molecule has 5 atom stereocenters. The van der Waals surface area contributed by atoms with Crippen LogP contribution in [0, 0.1) is 17.8 Å². The summed E-state index contributed by atoms with van der Waals surface area (Å²) in [5.74, 6) is -3.32. The van der Waals surface area contributed by atoms with Gasteiger partial charge in [-0.3, -0.25) is 9.59 Å². The van der Waals surface area contributed by atoms with E-state index in [1.165, 1.54) is 6.92 Å². The van der Waals surface area contributed by atoms with Crippen molar-refractivity contribution in [3.05, 3.63) is 0 Å². The number of amides is 2. The Morgan fingerprint density at radius 1 is 0.927 bits per heavy atom. The van der Waals surface area contributed by atoms with Crippen molar-refractivity contribution in [2.75, 3.05) is 59.4 Å². The summed E-state index contributed by atoms with van der Waals surface area (Å²) in [6.45, 7) is 11.2. The average molecular weight is 594 g/mol. The second kappa shape index (κ2) is 21.1. The molecule has 0 aromatic rings. The van der Waals surface area contributed by atoms with Gasteiger partial charge in [0, 0.05) is 33.5 Å². The van der Waals surface area contributed by atoms with Crippen molar-refractivity contribution in [3.63, 3.8) is 0 Å². The molecule has 0 aliphatic heterocycles. The fraction of sp³-hybridized carbons (Fsp3) is 0.852. The SMILES string of the molecule is CCCOCCOCCOCCOCCNC(=O)O[C@H]1[C@@H]([C@H](NC(C)=O)C(CC)CC)[C@H](N=C(N)N)C[C@@H]1C(=O)O.[3HH]. The maximum Gasteiger partial charge on any atom is 0.407 e. The fourth-order valence-electron chi connectivity index (χ4n) is 5.07. The number of ether oxygens (including phenoxy) is 5. The third kappa shape index (κ3) is 14.2. The molecule has 240 valence electrons. The number of guanidine groups is 1. The summed E-state index contributed by atoms with van der Waals surface area (Å²) in [4.78, 5) is 41.3. The Labute approximate surface area is 244 Å². The van der Waals surface area contributed by atoms with Crippen LogP contribution in [0.1, 0.15) is 54.8 Å². The molecule has 1 saturated carbocycles. The van der Waals surface area contributed by atoms with E-state index in [4.69, 9.17) is 35.2 Å². The summed E-state index contributed by atoms with van der Waals surface area (Å²) in [5, 5.41) is 15.5. The standard InChI is InChI=1S/C27H51N5O9.H2/c1-5-9-37-11-13-39-15-16-40-14-12-38-10-8-30-27(36)41-24-20(25(34)35)17-21(32-26(28)29)22(24)23(31-18(4)33)19(6-2)7-3;/h19-24H,5-17H2,1-4H3,(H,30,36)(H,31,33)(H,34,35)(H4,28,29,32);1H/t20-,21+,22+,23+,24+;/m0./s1/i;1+2. The van der Waals surface area contributed by atoms with Gasteiger partial charge < -0.3 is 50.9 Å². The Hall–Kier alpha value is -2.68. The zero-order valence-electron chi connectivity index (χ0n) is 25.0. The molecule has 0 radical (unpaired) electrons. The van der Waals surface area contributed by atoms with Crippen LogP contribution in [0.4, 0.5) is 4.79 Å². The Morgan fingerprint density at radius 2 is 1.46 bits per heavy atom. The molecule has 41 heavy (non-hydrogen) atoms. The molecule has 0 aromatic carbocycles. The number of nitrogens with one attached hydrogen (secondary N) is 2. The number of nitrogens with two attached hydrogens (primary N) is 2. The second-order valence-electron chi connectivity index (χ2n) is 9.93. The fourth-order valence-corrected chi connectivity index (χ4v) is 5.07. The first kappa shape index (κ1) is 36.3. The molecule has 1 rings (SSSR count). The zero-order chi connectivity index (χ0) is 30.6. The van der Waals surface area contributed by atoms with Crippen LogP contribution in [-0.2, 0) is 33.3 Å². The highest BCUT2D eigenvalue weighted by Gasteiger charge is 2.53. The number of rotatable bonds is 22. The Morgan fingerprint density at radius 3 is 1.93 bits per heavy atom. The van der Waals surface area contributed by atoms with Crippen LogP contribution in [0.25, 0.3) is 0 Å². The van der Waals surface area contributed by atoms with E-state index >= 15 is 0 Å². The Bertz CT molecular complexity index is 800. The van der Waals surface area contributed by atoms with E-state index in [2.05, 4.69) is 15.6 Å². The highest BCUT2D eigenvalue weighted by atomic mass is 16.6. The minimum absolute atomic E-state index is 0. The molecule has 0 spiro atoms. The molecular formula is C27H53N5O9. The molecule has 0 aromatic heterocycles. The van der Waals surface area contributed by atoms with Crippen LogP contribution in [0.5, 0.6) is 0 Å². The lowest BCUT2D eigenvalue weighted by Gasteiger charge is -2.36. The number of carbonyl (C=O) groups is 3. The normalized spacial score (nSPS) is 20.9. The zero-order valence-corrected chi connectivity index (χ0v) is 25.0. The molecule has 7 N–H and O–H groups in total. The van der Waals surface area contributed by atoms with Gasteiger partial charge in [0.15, 0.2) is 5.96 Å². The first-order valence-electron chi connectivity index (χ1n) is 14.5. The molecule has 2 amide bonds. The molecule has 1 aliphatic carbocycles. The van der Waals surface area contributed by atoms with Crippen LogP contribution < -0.4 is 22.1 Å². The number of alkyl carbamates (subject to hydrolysis) is 1. The molecule has 0 unspecified atom stereocenters. The van der Waals surface area contributed by atoms with E-state index in [1.54, 1.807) is 0 Å². The van der Waals surface area contributed by atoms with E-state index in [-0.39, 0.29) is 38.8 Å². The summed E-state index contributed by atoms with van der Waals surface area (Å²) in [7, 11) is 0. The van der Waals surface area contributed by atoms with Crippen molar-refractivity contribution in [2.24, 2.45) is 34.2 Å². The highest BCUT2D eigenvalue weighted by Crippen LogP contribution is 2.41. The maximum atomic E-state index is 12.7. The van der Waals surface area contributed by atoms with Gasteiger partial charge in [-0.1, -0.05) is 33.6 Å². The average Bonchev–Trinajstić information content (AvgIpc) is 3.25. The third-order valence-corrected chi connectivity index (χ3v) is 6.91. The first-order valence-corrected chi connectivity index (χ1v) is 14.5. The lowest BCUT2D eigenvalue weighted by Crippen LogP contribution is -2.52. The smallest absolute Gasteiger partial charge is 0.407 e. The summed E-state index contributed by atoms with van der Waals surface area (Å²) in [5.41, 5.74) is 11.3. The monoisotopic (exact) mass is 593 g/mol. The molecule has 14 nitrogen and oxygen atoms in total. The number of aliphatic carboxylic acids is 1. The Balaban J connectivity index is 0.0000168. The number of carboxylic acids is 1. The summed E-state index contributed by atoms with van der Waals surface area (Å²) >= 11 is 0. The van der Waals surface area contributed by atoms with Crippen molar-refractivity contribution in [3.8, 4) is 0 Å². The molecule has 0 heterocycles. The van der Waals surface area contributed by atoms with Gasteiger partial charge in [-0.2, -0.15) is 0 Å². The molecule has 14 heteroatoms. The first-order chi connectivity index (χ1) is 19.7. The minimum Gasteiger partial charge on any atom is -0.481 e. The Kier molecular flexibility index (Phi) is 18.7. The summed E-state index contributed by atoms with van der Waals surface area (Å²) < 4.78 is 27.3. The van der Waals surface area contributed by atoms with Crippen LogP contribution in [-0.4, -0.2) is 107 Å². The quantitative estimate of drug-likeness (QED) is 0.0682. The maximum absolute atomic E-state index is 12.7. The minimum atomic E-state index is -1.13. The molecule has 1 aliphatic rings. The number of hydrogen-bond donors (Lipinski definition) is 5. The molecule has 0 saturated heterocycles. The molecule has 1 fully saturated rings. The van der Waals surface area contributed by atoms with Gasteiger partial charge in [0.25, 0.3) is 0 Å². The third-order valence-electron chi connectivity index (χ3n) is 6.91. The number of aliphatic imine (C=N–C) groups is 1. The van der Waals surface area contributed by atoms with E-state index in [0.29, 0.717) is 52.5 Å². The van der Waals surface area contributed by atoms with Crippen molar-refractivity contribution in [2.45, 2.75) is 71.6 Å². The van der Waals surface area contributed by atoms with E-state index in [9.17, 15) is 19.5 Å². The molecular weight excluding hydrogens is 538 g/mol. The van der Waals surface area contributed by atoms with E-state index in [1.807, 2.05) is 20.8 Å². The van der Waals surface area contributed by atoms with Gasteiger partial charge in [-0.25, -0.2) is 9.79 Å². The number of carboxylic acid groups (broad SMARTS) is 1. The topological polar surface area (TPSA) is 206 Å². The van der Waals surface area contributed by atoms with Crippen LogP contribution in [0.15, 0.2) is 4.99 Å². The van der Waals surface area contributed by atoms with Crippen molar-refractivity contribution >= 4 is 23.9 Å². The lowest BCUT2D eigenvalue weighted by atomic mass is 9.80. The van der Waals surface area contributed by atoms with Crippen LogP contribution >= 0.6 is 0 Å². The predicted molar refractivity (Wildman–Crippen MR) is 154 cm³/mol. The lowest BCUT2D eigenvalue weighted by molar-refractivity contribution is -0.145. The second-order valence-corrected chi connectivity index (χ2v) is 9.93. The number of nitrogens with zero attached hydrogens (tertiary/aromatic N) is 1. The van der Waals surface area contributed by atoms with Gasteiger partial charge in [0.05, 0.1) is 58.2 Å². The van der Waals surface area contributed by atoms with E-state index in [0.717, 1.165) is 13.0 Å². The largest absolute Gasteiger partial charge is 0.481 e. The summed E-state index contributed by atoms with van der Waals surface area (Å²) in [6, 6.07) is -1.15. The van der Waals surface area contributed by atoms with Crippen molar-refractivity contribution in [1.29, 1.82) is 0 Å². The van der Waals surface area contributed by atoms with Crippen molar-refractivity contribution < 1.29 is 44.6 Å². The molecule has 0 bridgehead atoms. The van der Waals surface area contributed by atoms with Gasteiger partial charge in [0.1, 0.15) is 6.10 Å². The number of carbonyl (C=O) groups excluding carboxylic acids is 2. The van der Waals surface area contributed by atoms with Gasteiger partial charge in [-0.05, 0) is 18.8 Å². The van der Waals surface area contributed by atoms with Gasteiger partial charge in [0.2, 0.25) is 5.91 Å². The van der Waals surface area contributed by atoms with E-state index < -0.39 is 42.1 Å². The highest BCUT2D eigenvalue weighted by molar-refractivity contribution is 5.77. The predicted octanol–water partition coefficient (Wildman–Crippen LogP) is 1.11. The summed E-state index contributed by atoms with van der Waals surface area (Å²) in [6.07, 6.45) is 0.616. The van der Waals surface area contributed by atoms with Crippen LogP contribution in [0.3, 0.4) is 0 Å². The van der Waals surface area contributed by atoms with Gasteiger partial charge in [-0.15, -0.1) is 0 Å². The number of hydrogen-bond acceptors (Lipinski definition) is 9. The van der Waals surface area contributed by atoms with Crippen LogP contribution in [0.2, 0.25) is 0 Å². The van der Waals surface area contributed by atoms with Crippen molar-refractivity contribution in [1.82, 2.24) is 10.6 Å². The van der Waals surface area contributed by atoms with Gasteiger partial charge >= 0.3 is 12.1 Å².